The van der Waals surface area contributed by atoms with Crippen molar-refractivity contribution >= 4 is 5.78 Å². The molecular weight excluding hydrogens is 236 g/mol. The van der Waals surface area contributed by atoms with Gasteiger partial charge in [-0.3, -0.25) is 4.79 Å². The highest BCUT2D eigenvalue weighted by Crippen LogP contribution is 2.50. The van der Waals surface area contributed by atoms with Crippen LogP contribution >= 0.6 is 0 Å². The van der Waals surface area contributed by atoms with Crippen LogP contribution in [0.1, 0.15) is 46.5 Å². The molecule has 1 fully saturated rings. The van der Waals surface area contributed by atoms with Crippen molar-refractivity contribution in [3.05, 3.63) is 23.8 Å². The molecule has 0 aromatic heterocycles. The minimum atomic E-state index is 0.0731. The van der Waals surface area contributed by atoms with Crippen molar-refractivity contribution in [3.63, 3.8) is 0 Å². The highest BCUT2D eigenvalue weighted by Gasteiger charge is 2.41. The Kier molecular flexibility index (Phi) is 4.29. The molecule has 2 nitrogen and oxygen atoms in total. The van der Waals surface area contributed by atoms with Gasteiger partial charge in [0.1, 0.15) is 0 Å². The third-order valence-corrected chi connectivity index (χ3v) is 5.07. The number of fused-ring (bicyclic) bond motifs is 1. The molecule has 2 aliphatic rings. The zero-order valence-corrected chi connectivity index (χ0v) is 12.4. The van der Waals surface area contributed by atoms with Crippen molar-refractivity contribution in [2.45, 2.75) is 46.5 Å². The van der Waals surface area contributed by atoms with E-state index in [9.17, 15) is 4.79 Å². The van der Waals surface area contributed by atoms with E-state index in [1.54, 1.807) is 6.08 Å². The van der Waals surface area contributed by atoms with Gasteiger partial charge < -0.3 is 5.11 Å². The third kappa shape index (κ3) is 3.00. The Hall–Kier alpha value is -0.890. The maximum Gasteiger partial charge on any atom is 0.178 e. The van der Waals surface area contributed by atoms with Crippen LogP contribution in [0.5, 0.6) is 0 Å². The van der Waals surface area contributed by atoms with Gasteiger partial charge in [0, 0.05) is 12.0 Å². The Morgan fingerprint density at radius 1 is 1.53 bits per heavy atom. The van der Waals surface area contributed by atoms with E-state index < -0.39 is 0 Å². The molecule has 0 spiro atoms. The van der Waals surface area contributed by atoms with Crippen molar-refractivity contribution in [1.29, 1.82) is 0 Å². The van der Waals surface area contributed by atoms with Gasteiger partial charge in [-0.25, -0.2) is 0 Å². The standard InChI is InChI=1S/C17H26O2/c1-12(5-4-8-18)14-9-13(2)16-10-15(19)6-7-17(16,3)11-14/h6-7,10,12-14,18H,4-5,8-9,11H2,1-3H3/t12-,13-,14+,17+/m0/s1. The number of aliphatic hydroxyl groups excluding tert-OH is 1. The van der Waals surface area contributed by atoms with Gasteiger partial charge in [-0.05, 0) is 55.6 Å². The van der Waals surface area contributed by atoms with E-state index in [-0.39, 0.29) is 11.2 Å². The fourth-order valence-electron chi connectivity index (χ4n) is 3.91. The van der Waals surface area contributed by atoms with Crippen molar-refractivity contribution in [2.75, 3.05) is 6.61 Å². The lowest BCUT2D eigenvalue weighted by Gasteiger charge is -2.45. The van der Waals surface area contributed by atoms with Gasteiger partial charge in [0.05, 0.1) is 0 Å². The first-order valence-electron chi connectivity index (χ1n) is 7.52. The number of aliphatic hydroxyl groups is 1. The van der Waals surface area contributed by atoms with E-state index in [1.165, 1.54) is 12.0 Å². The van der Waals surface area contributed by atoms with E-state index in [0.717, 1.165) is 19.3 Å². The minimum absolute atomic E-state index is 0.0731. The summed E-state index contributed by atoms with van der Waals surface area (Å²) in [5.41, 5.74) is 1.40. The van der Waals surface area contributed by atoms with Crippen molar-refractivity contribution in [2.24, 2.45) is 23.2 Å². The molecule has 2 rings (SSSR count). The first kappa shape index (κ1) is 14.5. The lowest BCUT2D eigenvalue weighted by atomic mass is 9.59. The van der Waals surface area contributed by atoms with E-state index in [0.29, 0.717) is 24.4 Å². The number of ketones is 1. The Bertz CT molecular complexity index is 407. The number of carbonyl (C=O) groups is 1. The van der Waals surface area contributed by atoms with E-state index in [1.807, 2.05) is 6.08 Å². The smallest absolute Gasteiger partial charge is 0.178 e. The van der Waals surface area contributed by atoms with Crippen LogP contribution in [0.25, 0.3) is 0 Å². The number of rotatable bonds is 4. The summed E-state index contributed by atoms with van der Waals surface area (Å²) in [6.45, 7) is 7.12. The normalized spacial score (nSPS) is 35.8. The zero-order chi connectivity index (χ0) is 14.0. The summed E-state index contributed by atoms with van der Waals surface area (Å²) in [5.74, 6) is 1.99. The molecule has 2 heteroatoms. The van der Waals surface area contributed by atoms with Crippen molar-refractivity contribution < 1.29 is 9.90 Å². The number of allylic oxidation sites excluding steroid dienone is 4. The molecule has 0 saturated heterocycles. The summed E-state index contributed by atoms with van der Waals surface area (Å²) < 4.78 is 0. The van der Waals surface area contributed by atoms with Crippen LogP contribution in [0.4, 0.5) is 0 Å². The maximum atomic E-state index is 11.6. The second-order valence-corrected chi connectivity index (χ2v) is 6.70. The molecular formula is C17H26O2. The first-order chi connectivity index (χ1) is 8.96. The average Bonchev–Trinajstić information content (AvgIpc) is 2.37. The third-order valence-electron chi connectivity index (χ3n) is 5.07. The summed E-state index contributed by atoms with van der Waals surface area (Å²) in [6.07, 6.45) is 10.0. The van der Waals surface area contributed by atoms with E-state index in [4.69, 9.17) is 5.11 Å². The highest BCUT2D eigenvalue weighted by molar-refractivity contribution is 6.01. The maximum absolute atomic E-state index is 11.6. The van der Waals surface area contributed by atoms with Gasteiger partial charge in [-0.1, -0.05) is 32.4 Å². The number of carbonyl (C=O) groups excluding carboxylic acids is 1. The molecule has 0 aromatic carbocycles. The molecule has 4 atom stereocenters. The lowest BCUT2D eigenvalue weighted by molar-refractivity contribution is -0.110. The van der Waals surface area contributed by atoms with Crippen LogP contribution in [0.15, 0.2) is 23.8 Å². The van der Waals surface area contributed by atoms with Crippen LogP contribution in [0, 0.1) is 23.2 Å². The summed E-state index contributed by atoms with van der Waals surface area (Å²) >= 11 is 0. The fraction of sp³-hybridized carbons (Fsp3) is 0.706. The minimum Gasteiger partial charge on any atom is -0.396 e. The quantitative estimate of drug-likeness (QED) is 0.841. The van der Waals surface area contributed by atoms with Gasteiger partial charge in [-0.15, -0.1) is 0 Å². The molecule has 1 saturated carbocycles. The molecule has 0 bridgehead atoms. The van der Waals surface area contributed by atoms with Gasteiger partial charge in [0.15, 0.2) is 5.78 Å². The predicted octanol–water partition coefficient (Wildman–Crippen LogP) is 3.51. The molecule has 0 unspecified atom stereocenters. The molecule has 2 aliphatic carbocycles. The SMILES string of the molecule is C[C@H]1C[C@@H]([C@@H](C)CCCO)C[C@@]2(C)C=CC(=O)C=C12. The van der Waals surface area contributed by atoms with Gasteiger partial charge in [-0.2, -0.15) is 0 Å². The van der Waals surface area contributed by atoms with Crippen LogP contribution in [-0.4, -0.2) is 17.5 Å². The molecule has 106 valence electrons. The molecule has 0 amide bonds. The molecule has 0 heterocycles. The Morgan fingerprint density at radius 3 is 2.95 bits per heavy atom. The molecule has 19 heavy (non-hydrogen) atoms. The van der Waals surface area contributed by atoms with Crippen molar-refractivity contribution in [3.8, 4) is 0 Å². The van der Waals surface area contributed by atoms with Crippen LogP contribution in [-0.2, 0) is 4.79 Å². The number of hydrogen-bond donors (Lipinski definition) is 1. The predicted molar refractivity (Wildman–Crippen MR) is 77.7 cm³/mol. The monoisotopic (exact) mass is 262 g/mol. The first-order valence-corrected chi connectivity index (χ1v) is 7.52. The average molecular weight is 262 g/mol. The lowest BCUT2D eigenvalue weighted by Crippen LogP contribution is -2.36. The molecule has 0 aromatic rings. The summed E-state index contributed by atoms with van der Waals surface area (Å²) in [6, 6.07) is 0. The summed E-state index contributed by atoms with van der Waals surface area (Å²) in [7, 11) is 0. The summed E-state index contributed by atoms with van der Waals surface area (Å²) in [5, 5.41) is 8.97. The van der Waals surface area contributed by atoms with Gasteiger partial charge >= 0.3 is 0 Å². The summed E-state index contributed by atoms with van der Waals surface area (Å²) in [4.78, 5) is 11.6. The fourth-order valence-corrected chi connectivity index (χ4v) is 3.91. The molecule has 1 N–H and O–H groups in total. The highest BCUT2D eigenvalue weighted by atomic mass is 16.2. The van der Waals surface area contributed by atoms with E-state index in [2.05, 4.69) is 26.8 Å². The van der Waals surface area contributed by atoms with Crippen LogP contribution in [0.2, 0.25) is 0 Å². The van der Waals surface area contributed by atoms with Crippen LogP contribution < -0.4 is 0 Å². The second-order valence-electron chi connectivity index (χ2n) is 6.70. The van der Waals surface area contributed by atoms with Gasteiger partial charge in [0.25, 0.3) is 0 Å². The Labute approximate surface area is 116 Å². The molecule has 0 radical (unpaired) electrons. The van der Waals surface area contributed by atoms with Crippen molar-refractivity contribution in [1.82, 2.24) is 0 Å². The second kappa shape index (κ2) is 5.62. The largest absolute Gasteiger partial charge is 0.396 e. The number of hydrogen-bond acceptors (Lipinski definition) is 2. The van der Waals surface area contributed by atoms with E-state index >= 15 is 0 Å². The Balaban J connectivity index is 2.12. The molecule has 0 aliphatic heterocycles. The van der Waals surface area contributed by atoms with Gasteiger partial charge in [0.2, 0.25) is 0 Å². The Morgan fingerprint density at radius 2 is 2.26 bits per heavy atom. The zero-order valence-electron chi connectivity index (χ0n) is 12.4. The topological polar surface area (TPSA) is 37.3 Å². The van der Waals surface area contributed by atoms with Crippen LogP contribution in [0.3, 0.4) is 0 Å².